The van der Waals surface area contributed by atoms with Crippen LogP contribution in [0.3, 0.4) is 0 Å². The van der Waals surface area contributed by atoms with Crippen LogP contribution in [0, 0.1) is 0 Å². The van der Waals surface area contributed by atoms with E-state index in [0.29, 0.717) is 45.2 Å². The Morgan fingerprint density at radius 3 is 2.26 bits per heavy atom. The lowest BCUT2D eigenvalue weighted by atomic mass is 10.1. The number of piperazine rings is 1. The Morgan fingerprint density at radius 1 is 1.03 bits per heavy atom. The van der Waals surface area contributed by atoms with Crippen molar-refractivity contribution in [3.8, 4) is 0 Å². The maximum Gasteiger partial charge on any atom is 0.266 e. The van der Waals surface area contributed by atoms with Crippen LogP contribution in [0.4, 0.5) is 0 Å². The number of hydrogen-bond donors (Lipinski definition) is 4. The van der Waals surface area contributed by atoms with Crippen molar-refractivity contribution in [2.24, 2.45) is 0 Å². The van der Waals surface area contributed by atoms with E-state index in [1.807, 2.05) is 16.7 Å². The largest absolute Gasteiger partial charge is 0.354 e. The Balaban J connectivity index is 2.42. The first kappa shape index (κ1) is 27.8. The smallest absolute Gasteiger partial charge is 0.266 e. The lowest BCUT2D eigenvalue weighted by Crippen LogP contribution is -2.53. The molecule has 0 unspecified atom stereocenters. The highest BCUT2D eigenvalue weighted by Crippen LogP contribution is 2.04. The quantitative estimate of drug-likeness (QED) is 0.192. The van der Waals surface area contributed by atoms with Crippen molar-refractivity contribution in [1.29, 1.82) is 0 Å². The number of nitrogens with one attached hydrogen (secondary N) is 3. The first-order chi connectivity index (χ1) is 14.6. The molecule has 1 aliphatic heterocycles. The number of rotatable bonds is 15. The molecule has 2 amide bonds. The molecule has 0 bridgehead atoms. The summed E-state index contributed by atoms with van der Waals surface area (Å²) in [5, 5.41) is 9.12. The van der Waals surface area contributed by atoms with Crippen molar-refractivity contribution in [1.82, 2.24) is 25.8 Å². The molecule has 0 radical (unpaired) electrons. The predicted octanol–water partition coefficient (Wildman–Crippen LogP) is -0.329. The third-order valence-electron chi connectivity index (χ3n) is 5.17. The number of unbranched alkanes of at least 4 members (excludes halogenated alkanes) is 1. The van der Waals surface area contributed by atoms with Crippen molar-refractivity contribution >= 4 is 21.9 Å². The molecule has 31 heavy (non-hydrogen) atoms. The Labute approximate surface area is 187 Å². The van der Waals surface area contributed by atoms with Crippen LogP contribution in [-0.4, -0.2) is 105 Å². The molecule has 1 saturated heterocycles. The van der Waals surface area contributed by atoms with Gasteiger partial charge in [-0.1, -0.05) is 20.8 Å². The zero-order valence-electron chi connectivity index (χ0n) is 19.2. The molecular weight excluding hydrogens is 422 g/mol. The zero-order valence-corrected chi connectivity index (χ0v) is 20.0. The normalized spacial score (nSPS) is 16.9. The fourth-order valence-corrected chi connectivity index (χ4v) is 3.85. The van der Waals surface area contributed by atoms with Gasteiger partial charge in [-0.2, -0.15) is 8.42 Å². The molecule has 1 rings (SSSR count). The summed E-state index contributed by atoms with van der Waals surface area (Å²) in [6.07, 6.45) is 3.23. The minimum atomic E-state index is -3.96. The first-order valence-corrected chi connectivity index (χ1v) is 12.9. The van der Waals surface area contributed by atoms with E-state index in [2.05, 4.69) is 29.8 Å². The van der Waals surface area contributed by atoms with E-state index in [1.54, 1.807) is 0 Å². The standard InChI is InChI=1S/C20H41N5O5S/c1-4-8-22-20(27)18(7-5-6-9-21-17(2)3)23-19(26)16-25-12-10-24(11-13-25)14-15-31(28,29)30/h17-18,21H,4-16H2,1-3H3,(H,22,27)(H,23,26)(H,28,29,30)/t18-/m0/s1. The highest BCUT2D eigenvalue weighted by atomic mass is 32.2. The van der Waals surface area contributed by atoms with Crippen LogP contribution in [0.15, 0.2) is 0 Å². The predicted molar refractivity (Wildman–Crippen MR) is 122 cm³/mol. The molecule has 4 N–H and O–H groups in total. The molecule has 0 aromatic rings. The second-order valence-corrected chi connectivity index (χ2v) is 9.99. The molecule has 10 nitrogen and oxygen atoms in total. The van der Waals surface area contributed by atoms with Gasteiger partial charge in [0.25, 0.3) is 10.1 Å². The van der Waals surface area contributed by atoms with Gasteiger partial charge in [0.2, 0.25) is 11.8 Å². The molecule has 1 atom stereocenters. The van der Waals surface area contributed by atoms with E-state index < -0.39 is 16.2 Å². The highest BCUT2D eigenvalue weighted by Gasteiger charge is 2.23. The van der Waals surface area contributed by atoms with Gasteiger partial charge in [0, 0.05) is 45.3 Å². The Kier molecular flexibility index (Phi) is 13.2. The van der Waals surface area contributed by atoms with Crippen molar-refractivity contribution in [2.75, 3.05) is 58.1 Å². The van der Waals surface area contributed by atoms with E-state index in [-0.39, 0.29) is 30.7 Å². The summed E-state index contributed by atoms with van der Waals surface area (Å²) in [5.74, 6) is -0.597. The van der Waals surface area contributed by atoms with Gasteiger partial charge in [0.15, 0.2) is 0 Å². The number of carbonyl (C=O) groups is 2. The van der Waals surface area contributed by atoms with Crippen molar-refractivity contribution in [3.05, 3.63) is 0 Å². The lowest BCUT2D eigenvalue weighted by molar-refractivity contribution is -0.130. The van der Waals surface area contributed by atoms with Gasteiger partial charge in [-0.25, -0.2) is 0 Å². The van der Waals surface area contributed by atoms with E-state index >= 15 is 0 Å². The summed E-state index contributed by atoms with van der Waals surface area (Å²) >= 11 is 0. The number of carbonyl (C=O) groups excluding carboxylic acids is 2. The molecular formula is C20H41N5O5S. The second-order valence-electron chi connectivity index (χ2n) is 8.42. The van der Waals surface area contributed by atoms with Crippen LogP contribution in [0.25, 0.3) is 0 Å². The van der Waals surface area contributed by atoms with Crippen LogP contribution in [-0.2, 0) is 19.7 Å². The van der Waals surface area contributed by atoms with Gasteiger partial charge in [-0.05, 0) is 32.2 Å². The van der Waals surface area contributed by atoms with Gasteiger partial charge in [-0.15, -0.1) is 0 Å². The van der Waals surface area contributed by atoms with Crippen LogP contribution >= 0.6 is 0 Å². The molecule has 1 fully saturated rings. The van der Waals surface area contributed by atoms with Gasteiger partial charge in [0.05, 0.1) is 12.3 Å². The Morgan fingerprint density at radius 2 is 1.68 bits per heavy atom. The summed E-state index contributed by atoms with van der Waals surface area (Å²) in [5.41, 5.74) is 0. The van der Waals surface area contributed by atoms with Gasteiger partial charge in [-0.3, -0.25) is 23.9 Å². The fourth-order valence-electron chi connectivity index (χ4n) is 3.36. The molecule has 0 aromatic carbocycles. The Hall–Kier alpha value is -1.27. The SMILES string of the molecule is CCCNC(=O)[C@H](CCCCNC(C)C)NC(=O)CN1CCN(CCS(=O)(=O)O)CC1. The van der Waals surface area contributed by atoms with Gasteiger partial charge in [0.1, 0.15) is 6.04 Å². The topological polar surface area (TPSA) is 131 Å². The molecule has 0 saturated carbocycles. The lowest BCUT2D eigenvalue weighted by Gasteiger charge is -2.34. The van der Waals surface area contributed by atoms with Crippen molar-refractivity contribution in [3.63, 3.8) is 0 Å². The van der Waals surface area contributed by atoms with Crippen molar-refractivity contribution < 1.29 is 22.6 Å². The number of hydrogen-bond acceptors (Lipinski definition) is 7. The maximum atomic E-state index is 12.5. The molecule has 0 aliphatic carbocycles. The average molecular weight is 464 g/mol. The van der Waals surface area contributed by atoms with Crippen LogP contribution in [0.5, 0.6) is 0 Å². The minimum absolute atomic E-state index is 0.137. The minimum Gasteiger partial charge on any atom is -0.354 e. The molecule has 0 aromatic heterocycles. The van der Waals surface area contributed by atoms with Crippen molar-refractivity contribution in [2.45, 2.75) is 58.5 Å². The summed E-state index contributed by atoms with van der Waals surface area (Å²) in [4.78, 5) is 29.0. The highest BCUT2D eigenvalue weighted by molar-refractivity contribution is 7.85. The van der Waals surface area contributed by atoms with Crippen LogP contribution < -0.4 is 16.0 Å². The van der Waals surface area contributed by atoms with E-state index in [9.17, 15) is 18.0 Å². The summed E-state index contributed by atoms with van der Waals surface area (Å²) in [6.45, 7) is 10.7. The number of amides is 2. The molecule has 0 spiro atoms. The second kappa shape index (κ2) is 14.7. The maximum absolute atomic E-state index is 12.5. The average Bonchev–Trinajstić information content (AvgIpc) is 2.69. The third kappa shape index (κ3) is 13.7. The van der Waals surface area contributed by atoms with E-state index in [1.165, 1.54) is 0 Å². The molecule has 182 valence electrons. The van der Waals surface area contributed by atoms with E-state index in [0.717, 1.165) is 25.8 Å². The number of nitrogens with zero attached hydrogens (tertiary/aromatic N) is 2. The fraction of sp³-hybridized carbons (Fsp3) is 0.900. The molecule has 1 heterocycles. The van der Waals surface area contributed by atoms with E-state index in [4.69, 9.17) is 4.55 Å². The summed E-state index contributed by atoms with van der Waals surface area (Å²) in [6, 6.07) is -0.106. The van der Waals surface area contributed by atoms with Gasteiger partial charge < -0.3 is 16.0 Å². The summed E-state index contributed by atoms with van der Waals surface area (Å²) in [7, 11) is -3.96. The third-order valence-corrected chi connectivity index (χ3v) is 5.87. The molecule has 1 aliphatic rings. The van der Waals surface area contributed by atoms with Crippen LogP contribution in [0.1, 0.15) is 46.5 Å². The Bertz CT molecular complexity index is 636. The molecule has 11 heteroatoms. The first-order valence-electron chi connectivity index (χ1n) is 11.3. The monoisotopic (exact) mass is 463 g/mol. The van der Waals surface area contributed by atoms with Crippen LogP contribution in [0.2, 0.25) is 0 Å². The summed E-state index contributed by atoms with van der Waals surface area (Å²) < 4.78 is 30.6. The van der Waals surface area contributed by atoms with Gasteiger partial charge >= 0.3 is 0 Å². The zero-order chi connectivity index (χ0) is 23.3.